The van der Waals surface area contributed by atoms with Gasteiger partial charge in [0.15, 0.2) is 10.3 Å². The van der Waals surface area contributed by atoms with E-state index in [9.17, 15) is 4.79 Å². The lowest BCUT2D eigenvalue weighted by atomic mass is 10.2. The number of nitrogens with one attached hydrogen (secondary N) is 1. The van der Waals surface area contributed by atoms with Gasteiger partial charge < -0.3 is 10.1 Å². The van der Waals surface area contributed by atoms with Crippen LogP contribution in [0.4, 0.5) is 0 Å². The molecule has 0 spiro atoms. The molecule has 0 aliphatic heterocycles. The van der Waals surface area contributed by atoms with Gasteiger partial charge in [0.25, 0.3) is 5.56 Å². The molecule has 0 atom stereocenters. The van der Waals surface area contributed by atoms with Crippen molar-refractivity contribution in [2.24, 2.45) is 0 Å². The molecular weight excluding hydrogens is 264 g/mol. The lowest BCUT2D eigenvalue weighted by molar-refractivity contribution is 0.280. The van der Waals surface area contributed by atoms with Crippen molar-refractivity contribution in [3.8, 4) is 0 Å². The average molecular weight is 278 g/mol. The van der Waals surface area contributed by atoms with E-state index in [1.807, 2.05) is 6.92 Å². The van der Waals surface area contributed by atoms with Crippen molar-refractivity contribution in [2.45, 2.75) is 36.7 Å². The van der Waals surface area contributed by atoms with Gasteiger partial charge in [0.05, 0.1) is 6.61 Å². The Balaban J connectivity index is 2.19. The van der Waals surface area contributed by atoms with Gasteiger partial charge in [-0.25, -0.2) is 15.0 Å². The van der Waals surface area contributed by atoms with E-state index in [4.69, 9.17) is 5.11 Å². The van der Waals surface area contributed by atoms with Gasteiger partial charge in [0.1, 0.15) is 0 Å². The average Bonchev–Trinajstić information content (AvgIpc) is 2.39. The van der Waals surface area contributed by atoms with Crippen LogP contribution in [0.25, 0.3) is 0 Å². The number of aromatic amines is 1. The molecule has 0 aromatic carbocycles. The first-order chi connectivity index (χ1) is 9.21. The summed E-state index contributed by atoms with van der Waals surface area (Å²) in [6, 6.07) is 1.50. The molecule has 0 saturated heterocycles. The third-order valence-electron chi connectivity index (χ3n) is 2.33. The quantitative estimate of drug-likeness (QED) is 0.797. The minimum Gasteiger partial charge on any atom is -0.392 e. The summed E-state index contributed by atoms with van der Waals surface area (Å²) in [5.41, 5.74) is 1.24. The van der Waals surface area contributed by atoms with Crippen molar-refractivity contribution in [2.75, 3.05) is 0 Å². The molecule has 0 unspecified atom stereocenters. The molecule has 0 fully saturated rings. The fourth-order valence-corrected chi connectivity index (χ4v) is 2.18. The fraction of sp³-hybridized carbons (Fsp3) is 0.333. The van der Waals surface area contributed by atoms with Crippen molar-refractivity contribution in [3.05, 3.63) is 40.1 Å². The van der Waals surface area contributed by atoms with Crippen LogP contribution in [0, 0.1) is 0 Å². The van der Waals surface area contributed by atoms with E-state index < -0.39 is 0 Å². The third kappa shape index (κ3) is 3.87. The molecule has 19 heavy (non-hydrogen) atoms. The largest absolute Gasteiger partial charge is 0.392 e. The Kier molecular flexibility index (Phi) is 4.64. The summed E-state index contributed by atoms with van der Waals surface area (Å²) >= 11 is 1.19. The maximum Gasteiger partial charge on any atom is 0.251 e. The molecule has 2 rings (SSSR count). The highest BCUT2D eigenvalue weighted by Gasteiger charge is 2.05. The van der Waals surface area contributed by atoms with Crippen molar-refractivity contribution in [1.82, 2.24) is 19.9 Å². The molecule has 0 saturated carbocycles. The van der Waals surface area contributed by atoms with Gasteiger partial charge in [-0.05, 0) is 18.2 Å². The van der Waals surface area contributed by atoms with E-state index in [0.29, 0.717) is 15.9 Å². The summed E-state index contributed by atoms with van der Waals surface area (Å²) in [4.78, 5) is 26.6. The van der Waals surface area contributed by atoms with Gasteiger partial charge in [-0.15, -0.1) is 0 Å². The zero-order chi connectivity index (χ0) is 13.7. The number of H-pyrrole nitrogens is 1. The van der Waals surface area contributed by atoms with E-state index in [0.717, 1.165) is 18.5 Å². The van der Waals surface area contributed by atoms with Crippen LogP contribution in [-0.4, -0.2) is 25.0 Å². The second-order valence-corrected chi connectivity index (χ2v) is 4.88. The summed E-state index contributed by atoms with van der Waals surface area (Å²) in [6.45, 7) is 1.94. The van der Waals surface area contributed by atoms with Crippen LogP contribution in [0.2, 0.25) is 0 Å². The van der Waals surface area contributed by atoms with E-state index in [2.05, 4.69) is 19.9 Å². The summed E-state index contributed by atoms with van der Waals surface area (Å²) in [5.74, 6) is 0. The van der Waals surface area contributed by atoms with Crippen molar-refractivity contribution in [1.29, 1.82) is 0 Å². The Hall–Kier alpha value is -1.73. The van der Waals surface area contributed by atoms with E-state index >= 15 is 0 Å². The molecule has 7 heteroatoms. The minimum atomic E-state index is -0.173. The van der Waals surface area contributed by atoms with Gasteiger partial charge >= 0.3 is 0 Å². The predicted octanol–water partition coefficient (Wildman–Crippen LogP) is 1.16. The Morgan fingerprint density at radius 3 is 2.74 bits per heavy atom. The van der Waals surface area contributed by atoms with Gasteiger partial charge in [-0.2, -0.15) is 0 Å². The number of hydrogen-bond acceptors (Lipinski definition) is 6. The number of rotatable bonds is 5. The standard InChI is InChI=1S/C12H14N4O2S/c1-2-3-9-4-10(18)16-12(15-9)19-11-13-5-8(7-17)6-14-11/h4-6,17H,2-3,7H2,1H3,(H,15,16,18). The SMILES string of the molecule is CCCc1cc(=O)[nH]c(Sc2ncc(CO)cn2)n1. The highest BCUT2D eigenvalue weighted by atomic mass is 32.2. The van der Waals surface area contributed by atoms with Crippen LogP contribution >= 0.6 is 11.8 Å². The third-order valence-corrected chi connectivity index (χ3v) is 3.11. The van der Waals surface area contributed by atoms with Crippen molar-refractivity contribution < 1.29 is 5.11 Å². The molecule has 6 nitrogen and oxygen atoms in total. The van der Waals surface area contributed by atoms with E-state index in [-0.39, 0.29) is 12.2 Å². The van der Waals surface area contributed by atoms with Crippen LogP contribution < -0.4 is 5.56 Å². The van der Waals surface area contributed by atoms with E-state index in [1.165, 1.54) is 17.8 Å². The van der Waals surface area contributed by atoms with E-state index in [1.54, 1.807) is 12.4 Å². The van der Waals surface area contributed by atoms with Gasteiger partial charge in [0.2, 0.25) is 0 Å². The van der Waals surface area contributed by atoms with Gasteiger partial charge in [0, 0.05) is 29.7 Å². The number of aliphatic hydroxyl groups is 1. The predicted molar refractivity (Wildman–Crippen MR) is 70.9 cm³/mol. The molecule has 0 amide bonds. The lowest BCUT2D eigenvalue weighted by Crippen LogP contribution is -2.10. The zero-order valence-electron chi connectivity index (χ0n) is 10.5. The Morgan fingerprint density at radius 1 is 1.37 bits per heavy atom. The number of hydrogen-bond donors (Lipinski definition) is 2. The second-order valence-electron chi connectivity index (χ2n) is 3.93. The van der Waals surface area contributed by atoms with Crippen LogP contribution in [-0.2, 0) is 13.0 Å². The number of aromatic nitrogens is 4. The molecular formula is C12H14N4O2S. The van der Waals surface area contributed by atoms with Crippen molar-refractivity contribution >= 4 is 11.8 Å². The first kappa shape index (κ1) is 13.7. The molecule has 0 bridgehead atoms. The highest BCUT2D eigenvalue weighted by molar-refractivity contribution is 7.99. The number of aryl methyl sites for hydroxylation is 1. The lowest BCUT2D eigenvalue weighted by Gasteiger charge is -2.02. The molecule has 2 aromatic rings. The summed E-state index contributed by atoms with van der Waals surface area (Å²) in [6.07, 6.45) is 4.79. The molecule has 0 aliphatic rings. The molecule has 2 N–H and O–H groups in total. The molecule has 2 aromatic heterocycles. The number of aliphatic hydroxyl groups excluding tert-OH is 1. The zero-order valence-corrected chi connectivity index (χ0v) is 11.3. The molecule has 0 radical (unpaired) electrons. The molecule has 100 valence electrons. The van der Waals surface area contributed by atoms with Crippen LogP contribution in [0.5, 0.6) is 0 Å². The Morgan fingerprint density at radius 2 is 2.11 bits per heavy atom. The Labute approximate surface area is 114 Å². The van der Waals surface area contributed by atoms with Gasteiger partial charge in [-0.1, -0.05) is 13.3 Å². The van der Waals surface area contributed by atoms with Crippen LogP contribution in [0.3, 0.4) is 0 Å². The monoisotopic (exact) mass is 278 g/mol. The summed E-state index contributed by atoms with van der Waals surface area (Å²) < 4.78 is 0. The summed E-state index contributed by atoms with van der Waals surface area (Å²) in [7, 11) is 0. The second kappa shape index (κ2) is 6.44. The van der Waals surface area contributed by atoms with Crippen LogP contribution in [0.1, 0.15) is 24.6 Å². The smallest absolute Gasteiger partial charge is 0.251 e. The number of nitrogens with zero attached hydrogens (tertiary/aromatic N) is 3. The molecule has 2 heterocycles. The molecule has 0 aliphatic carbocycles. The summed E-state index contributed by atoms with van der Waals surface area (Å²) in [5, 5.41) is 9.86. The fourth-order valence-electron chi connectivity index (χ4n) is 1.48. The minimum absolute atomic E-state index is 0.0913. The van der Waals surface area contributed by atoms with Crippen molar-refractivity contribution in [3.63, 3.8) is 0 Å². The maximum absolute atomic E-state index is 11.5. The van der Waals surface area contributed by atoms with Crippen LogP contribution in [0.15, 0.2) is 33.6 Å². The topological polar surface area (TPSA) is 91.8 Å². The highest BCUT2D eigenvalue weighted by Crippen LogP contribution is 2.19. The first-order valence-corrected chi connectivity index (χ1v) is 6.72. The maximum atomic E-state index is 11.5. The first-order valence-electron chi connectivity index (χ1n) is 5.91. The van der Waals surface area contributed by atoms with Gasteiger partial charge in [-0.3, -0.25) is 4.79 Å². The Bertz CT molecular complexity index is 597. The normalized spacial score (nSPS) is 10.6.